The van der Waals surface area contributed by atoms with E-state index in [9.17, 15) is 35.9 Å². The van der Waals surface area contributed by atoms with Crippen LogP contribution >= 0.6 is 0 Å². The zero-order valence-corrected chi connectivity index (χ0v) is 16.5. The Labute approximate surface area is 160 Å². The lowest BCUT2D eigenvalue weighted by Crippen LogP contribution is -2.40. The molecule has 0 rings (SSSR count). The van der Waals surface area contributed by atoms with Crippen molar-refractivity contribution in [1.82, 2.24) is 0 Å². The number of alkyl halides is 6. The lowest BCUT2D eigenvalue weighted by molar-refractivity contribution is -0.237. The van der Waals surface area contributed by atoms with E-state index in [1.54, 1.807) is 0 Å². The number of ether oxygens (including phenoxy) is 2. The summed E-state index contributed by atoms with van der Waals surface area (Å²) in [6.07, 6.45) is -15.3. The van der Waals surface area contributed by atoms with Gasteiger partial charge in [0.05, 0.1) is 12.8 Å². The van der Waals surface area contributed by atoms with Gasteiger partial charge in [-0.05, 0) is 25.7 Å². The lowest BCUT2D eigenvalue weighted by atomic mass is 9.96. The summed E-state index contributed by atoms with van der Waals surface area (Å²) in [6, 6.07) is 0. The van der Waals surface area contributed by atoms with Gasteiger partial charge in [0.25, 0.3) is 0 Å². The Bertz CT molecular complexity index is 437. The van der Waals surface area contributed by atoms with E-state index in [2.05, 4.69) is 9.47 Å². The highest BCUT2D eigenvalue weighted by molar-refractivity contribution is 5.77. The number of hydrogen-bond acceptors (Lipinski definition) is 4. The molecule has 0 radical (unpaired) electrons. The molecule has 2 unspecified atom stereocenters. The maximum Gasteiger partial charge on any atom is 0.425 e. The Kier molecular flexibility index (Phi) is 10.9. The molecule has 0 saturated carbocycles. The summed E-state index contributed by atoms with van der Waals surface area (Å²) in [6.45, 7) is 6.08. The van der Waals surface area contributed by atoms with E-state index in [-0.39, 0.29) is 25.7 Å². The highest BCUT2D eigenvalue weighted by atomic mass is 19.4. The first-order valence-corrected chi connectivity index (χ1v) is 9.33. The van der Waals surface area contributed by atoms with Gasteiger partial charge in [-0.3, -0.25) is 9.59 Å². The maximum absolute atomic E-state index is 13.1. The van der Waals surface area contributed by atoms with E-state index < -0.39 is 61.2 Å². The Morgan fingerprint density at radius 3 is 1.07 bits per heavy atom. The summed E-state index contributed by atoms with van der Waals surface area (Å²) in [4.78, 5) is 23.4. The van der Waals surface area contributed by atoms with Crippen LogP contribution in [0.4, 0.5) is 26.3 Å². The van der Waals surface area contributed by atoms with Crippen LogP contribution in [0.2, 0.25) is 0 Å². The summed E-state index contributed by atoms with van der Waals surface area (Å²) < 4.78 is 87.4. The standard InChI is InChI=1S/C18H28F6O4/c1-5-11(6-2)15(17(19,20)21)27-13(25)9-10-14(26)28-16(18(22,23)24)12(7-3)8-4/h11-12,15-16H,5-10H2,1-4H3. The van der Waals surface area contributed by atoms with Crippen LogP contribution in [0, 0.1) is 11.8 Å². The molecule has 0 aliphatic heterocycles. The second-order valence-corrected chi connectivity index (χ2v) is 6.56. The molecule has 0 spiro atoms. The summed E-state index contributed by atoms with van der Waals surface area (Å²) in [5, 5.41) is 0. The third kappa shape index (κ3) is 8.68. The highest BCUT2D eigenvalue weighted by Gasteiger charge is 2.47. The van der Waals surface area contributed by atoms with Gasteiger partial charge in [-0.2, -0.15) is 26.3 Å². The quantitative estimate of drug-likeness (QED) is 0.322. The number of hydrogen-bond donors (Lipinski definition) is 0. The first-order chi connectivity index (χ1) is 12.8. The first-order valence-electron chi connectivity index (χ1n) is 9.33. The number of rotatable bonds is 11. The fourth-order valence-electron chi connectivity index (χ4n) is 2.90. The molecule has 28 heavy (non-hydrogen) atoms. The molecule has 4 nitrogen and oxygen atoms in total. The molecule has 0 amide bonds. The van der Waals surface area contributed by atoms with Gasteiger partial charge in [-0.15, -0.1) is 0 Å². The molecule has 0 saturated heterocycles. The molecule has 10 heteroatoms. The number of carbonyl (C=O) groups is 2. The van der Waals surface area contributed by atoms with Crippen molar-refractivity contribution >= 4 is 11.9 Å². The van der Waals surface area contributed by atoms with Crippen LogP contribution in [-0.4, -0.2) is 36.5 Å². The molecule has 0 fully saturated rings. The van der Waals surface area contributed by atoms with Gasteiger partial charge in [0.15, 0.2) is 12.2 Å². The molecule has 0 aliphatic carbocycles. The smallest absolute Gasteiger partial charge is 0.425 e. The number of carbonyl (C=O) groups excluding carboxylic acids is 2. The van der Waals surface area contributed by atoms with Crippen LogP contribution in [0.3, 0.4) is 0 Å². The Morgan fingerprint density at radius 2 is 0.893 bits per heavy atom. The maximum atomic E-state index is 13.1. The molecule has 0 aromatic heterocycles. The average Bonchev–Trinajstić information content (AvgIpc) is 2.58. The van der Waals surface area contributed by atoms with E-state index >= 15 is 0 Å². The Balaban J connectivity index is 4.89. The van der Waals surface area contributed by atoms with Crippen LogP contribution in [0.25, 0.3) is 0 Å². The SMILES string of the molecule is CCC(CC)C(OC(=O)CCC(=O)OC(C(CC)CC)C(F)(F)F)C(F)(F)F. The zero-order valence-electron chi connectivity index (χ0n) is 16.5. The summed E-state index contributed by atoms with van der Waals surface area (Å²) in [5.74, 6) is -4.50. The minimum absolute atomic E-state index is 0.124. The van der Waals surface area contributed by atoms with Crippen molar-refractivity contribution in [1.29, 1.82) is 0 Å². The van der Waals surface area contributed by atoms with Crippen LogP contribution < -0.4 is 0 Å². The molecule has 2 atom stereocenters. The third-order valence-electron chi connectivity index (χ3n) is 4.65. The van der Waals surface area contributed by atoms with Gasteiger partial charge in [0, 0.05) is 11.8 Å². The number of halogens is 6. The summed E-state index contributed by atoms with van der Waals surface area (Å²) in [7, 11) is 0. The van der Waals surface area contributed by atoms with Gasteiger partial charge in [-0.25, -0.2) is 0 Å². The van der Waals surface area contributed by atoms with E-state index in [0.717, 1.165) is 0 Å². The van der Waals surface area contributed by atoms with E-state index in [1.165, 1.54) is 27.7 Å². The average molecular weight is 422 g/mol. The molecule has 166 valence electrons. The predicted molar refractivity (Wildman–Crippen MR) is 89.2 cm³/mol. The first kappa shape index (κ1) is 26.5. The molecule has 0 heterocycles. The fraction of sp³-hybridized carbons (Fsp3) is 0.889. The molecule has 0 aliphatic rings. The molecular weight excluding hydrogens is 394 g/mol. The van der Waals surface area contributed by atoms with Gasteiger partial charge in [-0.1, -0.05) is 27.7 Å². The molecule has 0 bridgehead atoms. The highest BCUT2D eigenvalue weighted by Crippen LogP contribution is 2.33. The van der Waals surface area contributed by atoms with E-state index in [1.807, 2.05) is 0 Å². The van der Waals surface area contributed by atoms with E-state index in [0.29, 0.717) is 0 Å². The van der Waals surface area contributed by atoms with Crippen LogP contribution in [0.5, 0.6) is 0 Å². The second kappa shape index (κ2) is 11.5. The van der Waals surface area contributed by atoms with Crippen molar-refractivity contribution in [2.75, 3.05) is 0 Å². The molecule has 0 aromatic carbocycles. The largest absolute Gasteiger partial charge is 0.452 e. The molecular formula is C18H28F6O4. The van der Waals surface area contributed by atoms with Crippen molar-refractivity contribution in [3.63, 3.8) is 0 Å². The summed E-state index contributed by atoms with van der Waals surface area (Å²) in [5.41, 5.74) is 0. The topological polar surface area (TPSA) is 52.6 Å². The minimum atomic E-state index is -4.77. The fourth-order valence-corrected chi connectivity index (χ4v) is 2.90. The van der Waals surface area contributed by atoms with Gasteiger partial charge in [0.2, 0.25) is 0 Å². The lowest BCUT2D eigenvalue weighted by Gasteiger charge is -2.28. The van der Waals surface area contributed by atoms with Crippen LogP contribution in [0.15, 0.2) is 0 Å². The molecule has 0 N–H and O–H groups in total. The Morgan fingerprint density at radius 1 is 0.643 bits per heavy atom. The van der Waals surface area contributed by atoms with Crippen molar-refractivity contribution < 1.29 is 45.4 Å². The van der Waals surface area contributed by atoms with Gasteiger partial charge in [0.1, 0.15) is 0 Å². The van der Waals surface area contributed by atoms with E-state index in [4.69, 9.17) is 0 Å². The second-order valence-electron chi connectivity index (χ2n) is 6.56. The molecule has 0 aromatic rings. The van der Waals surface area contributed by atoms with Crippen molar-refractivity contribution in [2.45, 2.75) is 90.8 Å². The predicted octanol–water partition coefficient (Wildman–Crippen LogP) is 5.59. The van der Waals surface area contributed by atoms with Crippen LogP contribution in [-0.2, 0) is 19.1 Å². The van der Waals surface area contributed by atoms with Crippen molar-refractivity contribution in [3.8, 4) is 0 Å². The minimum Gasteiger partial charge on any atom is -0.452 e. The summed E-state index contributed by atoms with van der Waals surface area (Å²) >= 11 is 0. The van der Waals surface area contributed by atoms with Gasteiger partial charge >= 0.3 is 24.3 Å². The normalized spacial score (nSPS) is 14.9. The van der Waals surface area contributed by atoms with Crippen molar-refractivity contribution in [2.24, 2.45) is 11.8 Å². The number of esters is 2. The third-order valence-corrected chi connectivity index (χ3v) is 4.65. The zero-order chi connectivity index (χ0) is 22.1. The Hall–Kier alpha value is -1.48. The van der Waals surface area contributed by atoms with Crippen molar-refractivity contribution in [3.05, 3.63) is 0 Å². The monoisotopic (exact) mass is 422 g/mol. The van der Waals surface area contributed by atoms with Crippen LogP contribution in [0.1, 0.15) is 66.2 Å². The van der Waals surface area contributed by atoms with Gasteiger partial charge < -0.3 is 9.47 Å².